The fraction of sp³-hybridized carbons (Fsp3) is 0.350. The molecular weight excluding hydrogens is 384 g/mol. The molecular formula is C20H25ClN2O3S. The summed E-state index contributed by atoms with van der Waals surface area (Å²) in [6.07, 6.45) is 1.79. The number of anilines is 1. The second-order valence-electron chi connectivity index (χ2n) is 6.73. The van der Waals surface area contributed by atoms with E-state index in [9.17, 15) is 13.2 Å². The quantitative estimate of drug-likeness (QED) is 0.698. The lowest BCUT2D eigenvalue weighted by atomic mass is 10.1. The molecule has 0 aliphatic carbocycles. The van der Waals surface area contributed by atoms with Crippen LogP contribution in [-0.4, -0.2) is 20.4 Å². The molecule has 0 bridgehead atoms. The van der Waals surface area contributed by atoms with E-state index in [4.69, 9.17) is 11.6 Å². The maximum atomic E-state index is 12.9. The molecule has 0 aliphatic rings. The van der Waals surface area contributed by atoms with Crippen molar-refractivity contribution in [1.29, 1.82) is 0 Å². The van der Waals surface area contributed by atoms with Gasteiger partial charge in [0.15, 0.2) is 0 Å². The third-order valence-corrected chi connectivity index (χ3v) is 6.07. The molecule has 2 rings (SSSR count). The van der Waals surface area contributed by atoms with Gasteiger partial charge in [-0.3, -0.25) is 9.52 Å². The number of carbonyl (C=O) groups is 1. The minimum atomic E-state index is -3.94. The molecule has 1 unspecified atom stereocenters. The molecule has 0 aromatic heterocycles. The van der Waals surface area contributed by atoms with Crippen LogP contribution in [0.15, 0.2) is 41.3 Å². The van der Waals surface area contributed by atoms with Crippen LogP contribution >= 0.6 is 11.6 Å². The molecule has 7 heteroatoms. The zero-order valence-corrected chi connectivity index (χ0v) is 17.5. The van der Waals surface area contributed by atoms with Crippen LogP contribution in [0.25, 0.3) is 0 Å². The number of amides is 1. The van der Waals surface area contributed by atoms with Gasteiger partial charge >= 0.3 is 0 Å². The Bertz CT molecular complexity index is 942. The predicted octanol–water partition coefficient (Wildman–Crippen LogP) is 4.68. The van der Waals surface area contributed by atoms with Crippen molar-refractivity contribution in [2.75, 3.05) is 4.72 Å². The van der Waals surface area contributed by atoms with Crippen LogP contribution in [0.3, 0.4) is 0 Å². The van der Waals surface area contributed by atoms with Crippen LogP contribution in [0, 0.1) is 13.8 Å². The van der Waals surface area contributed by atoms with Crippen molar-refractivity contribution < 1.29 is 13.2 Å². The number of carbonyl (C=O) groups excluding carboxylic acids is 1. The Morgan fingerprint density at radius 3 is 2.52 bits per heavy atom. The van der Waals surface area contributed by atoms with E-state index in [-0.39, 0.29) is 27.4 Å². The number of hydrogen-bond donors (Lipinski definition) is 2. The summed E-state index contributed by atoms with van der Waals surface area (Å²) in [5, 5.41) is 2.93. The van der Waals surface area contributed by atoms with Gasteiger partial charge in [-0.2, -0.15) is 0 Å². The van der Waals surface area contributed by atoms with Crippen molar-refractivity contribution in [3.8, 4) is 0 Å². The molecule has 146 valence electrons. The van der Waals surface area contributed by atoms with Crippen molar-refractivity contribution >= 4 is 33.2 Å². The zero-order valence-electron chi connectivity index (χ0n) is 16.0. The van der Waals surface area contributed by atoms with E-state index in [2.05, 4.69) is 10.0 Å². The summed E-state index contributed by atoms with van der Waals surface area (Å²) in [6.45, 7) is 7.65. The average Bonchev–Trinajstić information content (AvgIpc) is 2.58. The van der Waals surface area contributed by atoms with Crippen LogP contribution in [0.5, 0.6) is 0 Å². The summed E-state index contributed by atoms with van der Waals surface area (Å²) >= 11 is 6.13. The van der Waals surface area contributed by atoms with Gasteiger partial charge in [0.05, 0.1) is 10.7 Å². The highest BCUT2D eigenvalue weighted by molar-refractivity contribution is 7.92. The normalized spacial score (nSPS) is 12.5. The Hall–Kier alpha value is -2.05. The van der Waals surface area contributed by atoms with Gasteiger partial charge in [-0.05, 0) is 62.6 Å². The van der Waals surface area contributed by atoms with E-state index in [1.165, 1.54) is 18.2 Å². The molecule has 0 saturated carbocycles. The Morgan fingerprint density at radius 2 is 1.85 bits per heavy atom. The zero-order chi connectivity index (χ0) is 20.2. The molecule has 0 spiro atoms. The van der Waals surface area contributed by atoms with Crippen molar-refractivity contribution in [2.45, 2.75) is 51.5 Å². The van der Waals surface area contributed by atoms with Crippen LogP contribution in [0.2, 0.25) is 5.02 Å². The van der Waals surface area contributed by atoms with E-state index in [1.54, 1.807) is 6.07 Å². The van der Waals surface area contributed by atoms with Gasteiger partial charge in [0.1, 0.15) is 4.90 Å². The van der Waals surface area contributed by atoms with Crippen molar-refractivity contribution in [2.24, 2.45) is 0 Å². The minimum absolute atomic E-state index is 0.00584. The Labute approximate surface area is 166 Å². The number of rotatable bonds is 7. The first-order chi connectivity index (χ1) is 12.6. The smallest absolute Gasteiger partial charge is 0.263 e. The fourth-order valence-electron chi connectivity index (χ4n) is 2.71. The van der Waals surface area contributed by atoms with Gasteiger partial charge in [-0.25, -0.2) is 8.42 Å². The van der Waals surface area contributed by atoms with Gasteiger partial charge in [-0.15, -0.1) is 0 Å². The van der Waals surface area contributed by atoms with Crippen LogP contribution < -0.4 is 10.0 Å². The Balaban J connectivity index is 2.33. The van der Waals surface area contributed by atoms with Crippen molar-refractivity contribution in [3.63, 3.8) is 0 Å². The van der Waals surface area contributed by atoms with Gasteiger partial charge in [0.25, 0.3) is 15.9 Å². The maximum Gasteiger partial charge on any atom is 0.263 e. The molecule has 0 heterocycles. The molecule has 0 radical (unpaired) electrons. The topological polar surface area (TPSA) is 75.3 Å². The van der Waals surface area contributed by atoms with E-state index >= 15 is 0 Å². The third-order valence-electron chi connectivity index (χ3n) is 4.22. The van der Waals surface area contributed by atoms with E-state index < -0.39 is 10.0 Å². The predicted molar refractivity (Wildman–Crippen MR) is 110 cm³/mol. The second-order valence-corrected chi connectivity index (χ2v) is 8.79. The molecule has 2 N–H and O–H groups in total. The van der Waals surface area contributed by atoms with Crippen molar-refractivity contribution in [3.05, 3.63) is 58.1 Å². The molecule has 2 aromatic carbocycles. The van der Waals surface area contributed by atoms with Gasteiger partial charge in [0, 0.05) is 11.6 Å². The standard InChI is InChI=1S/C20H25ClN2O3S/c1-5-6-15(4)22-20(24)16-9-10-17(21)19(12-16)27(25,26)23-18-11-13(2)7-8-14(18)3/h7-12,15,23H,5-6H2,1-4H3,(H,22,24). The summed E-state index contributed by atoms with van der Waals surface area (Å²) in [5.74, 6) is -0.323. The largest absolute Gasteiger partial charge is 0.350 e. The molecule has 0 saturated heterocycles. The fourth-order valence-corrected chi connectivity index (χ4v) is 4.36. The highest BCUT2D eigenvalue weighted by Crippen LogP contribution is 2.27. The van der Waals surface area contributed by atoms with Crippen LogP contribution in [0.1, 0.15) is 48.2 Å². The van der Waals surface area contributed by atoms with E-state index in [0.29, 0.717) is 5.69 Å². The van der Waals surface area contributed by atoms with E-state index in [1.807, 2.05) is 39.8 Å². The maximum absolute atomic E-state index is 12.9. The lowest BCUT2D eigenvalue weighted by Crippen LogP contribution is -2.32. The highest BCUT2D eigenvalue weighted by atomic mass is 35.5. The average molecular weight is 409 g/mol. The van der Waals surface area contributed by atoms with E-state index in [0.717, 1.165) is 24.0 Å². The first kappa shape index (κ1) is 21.3. The monoisotopic (exact) mass is 408 g/mol. The van der Waals surface area contributed by atoms with Crippen LogP contribution in [-0.2, 0) is 10.0 Å². The molecule has 2 aromatic rings. The summed E-state index contributed by atoms with van der Waals surface area (Å²) in [5.41, 5.74) is 2.46. The molecule has 5 nitrogen and oxygen atoms in total. The summed E-state index contributed by atoms with van der Waals surface area (Å²) in [7, 11) is -3.94. The molecule has 0 fully saturated rings. The summed E-state index contributed by atoms with van der Waals surface area (Å²) in [6, 6.07) is 9.77. The lowest BCUT2D eigenvalue weighted by Gasteiger charge is -2.15. The molecule has 0 aliphatic heterocycles. The van der Waals surface area contributed by atoms with Gasteiger partial charge < -0.3 is 5.32 Å². The Kier molecular flexibility index (Phi) is 6.89. The first-order valence-electron chi connectivity index (χ1n) is 8.84. The highest BCUT2D eigenvalue weighted by Gasteiger charge is 2.21. The molecule has 1 amide bonds. The van der Waals surface area contributed by atoms with Crippen LogP contribution in [0.4, 0.5) is 5.69 Å². The Morgan fingerprint density at radius 1 is 1.15 bits per heavy atom. The molecule has 1 atom stereocenters. The summed E-state index contributed by atoms with van der Waals surface area (Å²) in [4.78, 5) is 12.3. The summed E-state index contributed by atoms with van der Waals surface area (Å²) < 4.78 is 28.3. The van der Waals surface area contributed by atoms with Gasteiger partial charge in [-0.1, -0.05) is 37.1 Å². The minimum Gasteiger partial charge on any atom is -0.350 e. The number of benzene rings is 2. The SMILES string of the molecule is CCCC(C)NC(=O)c1ccc(Cl)c(S(=O)(=O)Nc2cc(C)ccc2C)c1. The van der Waals surface area contributed by atoms with Crippen molar-refractivity contribution in [1.82, 2.24) is 5.32 Å². The van der Waals surface area contributed by atoms with Gasteiger partial charge in [0.2, 0.25) is 0 Å². The number of halogens is 1. The number of nitrogens with one attached hydrogen (secondary N) is 2. The number of hydrogen-bond acceptors (Lipinski definition) is 3. The molecule has 27 heavy (non-hydrogen) atoms. The second kappa shape index (κ2) is 8.76. The number of sulfonamides is 1. The number of aryl methyl sites for hydroxylation is 2. The third kappa shape index (κ3) is 5.47. The first-order valence-corrected chi connectivity index (χ1v) is 10.7. The lowest BCUT2D eigenvalue weighted by molar-refractivity contribution is 0.0938.